The summed E-state index contributed by atoms with van der Waals surface area (Å²) in [6, 6.07) is 1.46. The maximum absolute atomic E-state index is 11.8. The highest BCUT2D eigenvalue weighted by Gasteiger charge is 2.24. The first-order chi connectivity index (χ1) is 10.9. The zero-order valence-corrected chi connectivity index (χ0v) is 12.7. The molecule has 12 heteroatoms. The van der Waals surface area contributed by atoms with E-state index in [-0.39, 0.29) is 30.2 Å². The number of nitrogens with zero attached hydrogens (tertiary/aromatic N) is 2. The SMILES string of the molecule is Nc1nc2c(ccn2C(OCCO[P+](=O)O)[C@H](O)CO)c(=O)[nH]1. The minimum atomic E-state index is -2.76. The van der Waals surface area contributed by atoms with Crippen LogP contribution in [-0.4, -0.2) is 55.6 Å². The van der Waals surface area contributed by atoms with Crippen molar-refractivity contribution < 1.29 is 28.9 Å². The molecular formula is C11H16N4O7P+. The molecule has 0 radical (unpaired) electrons. The standard InChI is InChI=1S/C11H15N4O7P/c12-11-13-8-6(9(18)14-11)1-2-15(8)10(7(17)5-16)21-3-4-22-23(19)20/h1-2,7,10,16-17H,3-5H2,(H3-,12,13,14,18,19,20)/p+1/t7-,10?/m1/s1. The Morgan fingerprint density at radius 3 is 2.87 bits per heavy atom. The van der Waals surface area contributed by atoms with Crippen LogP contribution in [0.5, 0.6) is 0 Å². The number of rotatable bonds is 8. The summed E-state index contributed by atoms with van der Waals surface area (Å²) in [7, 11) is -2.76. The molecule has 0 bridgehead atoms. The lowest BCUT2D eigenvalue weighted by atomic mass is 10.3. The monoisotopic (exact) mass is 347 g/mol. The molecule has 2 rings (SSSR count). The fraction of sp³-hybridized carbons (Fsp3) is 0.455. The van der Waals surface area contributed by atoms with Crippen molar-refractivity contribution in [2.45, 2.75) is 12.3 Å². The molecular weight excluding hydrogens is 331 g/mol. The average Bonchev–Trinajstić information content (AvgIpc) is 2.90. The summed E-state index contributed by atoms with van der Waals surface area (Å²) >= 11 is 0. The van der Waals surface area contributed by atoms with E-state index < -0.39 is 32.8 Å². The Morgan fingerprint density at radius 1 is 1.48 bits per heavy atom. The minimum absolute atomic E-state index is 0.111. The van der Waals surface area contributed by atoms with E-state index in [0.717, 1.165) is 0 Å². The van der Waals surface area contributed by atoms with Gasteiger partial charge >= 0.3 is 8.25 Å². The Hall–Kier alpha value is -1.88. The molecule has 6 N–H and O–H groups in total. The Labute approximate surface area is 130 Å². The Bertz CT molecular complexity index is 746. The van der Waals surface area contributed by atoms with Crippen LogP contribution in [0, 0.1) is 0 Å². The van der Waals surface area contributed by atoms with Crippen molar-refractivity contribution in [2.75, 3.05) is 25.6 Å². The molecule has 0 aliphatic carbocycles. The number of anilines is 1. The molecule has 0 aromatic carbocycles. The fourth-order valence-corrected chi connectivity index (χ4v) is 2.25. The van der Waals surface area contributed by atoms with Crippen LogP contribution in [0.25, 0.3) is 11.0 Å². The van der Waals surface area contributed by atoms with Gasteiger partial charge in [-0.15, -0.1) is 9.42 Å². The topological polar surface area (TPSA) is 173 Å². The van der Waals surface area contributed by atoms with Gasteiger partial charge in [-0.2, -0.15) is 4.98 Å². The van der Waals surface area contributed by atoms with Crippen molar-refractivity contribution >= 4 is 25.2 Å². The number of aliphatic hydroxyl groups is 2. The van der Waals surface area contributed by atoms with E-state index in [1.54, 1.807) is 0 Å². The first-order valence-electron chi connectivity index (χ1n) is 6.50. The molecule has 11 nitrogen and oxygen atoms in total. The summed E-state index contributed by atoms with van der Waals surface area (Å²) in [6.45, 7) is -0.949. The highest BCUT2D eigenvalue weighted by atomic mass is 31.1. The lowest BCUT2D eigenvalue weighted by Gasteiger charge is -2.23. The number of nitrogens with two attached hydrogens (primary N) is 1. The number of fused-ring (bicyclic) bond motifs is 1. The molecule has 0 saturated heterocycles. The number of nitrogens with one attached hydrogen (secondary N) is 1. The maximum atomic E-state index is 11.8. The van der Waals surface area contributed by atoms with Crippen LogP contribution < -0.4 is 11.3 Å². The second kappa shape index (κ2) is 7.59. The molecule has 0 aliphatic rings. The van der Waals surface area contributed by atoms with Crippen molar-refractivity contribution in [1.29, 1.82) is 0 Å². The first-order valence-corrected chi connectivity index (χ1v) is 7.63. The Kier molecular flexibility index (Phi) is 5.77. The zero-order valence-electron chi connectivity index (χ0n) is 11.8. The van der Waals surface area contributed by atoms with E-state index in [9.17, 15) is 14.5 Å². The molecule has 0 spiro atoms. The second-order valence-corrected chi connectivity index (χ2v) is 5.23. The van der Waals surface area contributed by atoms with Gasteiger partial charge in [-0.3, -0.25) is 9.78 Å². The number of nitrogen functional groups attached to an aromatic ring is 1. The molecule has 0 fully saturated rings. The van der Waals surface area contributed by atoms with Crippen LogP contribution in [0.1, 0.15) is 6.23 Å². The lowest BCUT2D eigenvalue weighted by Crippen LogP contribution is -2.30. The van der Waals surface area contributed by atoms with Crippen molar-refractivity contribution in [3.63, 3.8) is 0 Å². The third kappa shape index (κ3) is 4.10. The van der Waals surface area contributed by atoms with Gasteiger partial charge in [0.15, 0.2) is 11.9 Å². The summed E-state index contributed by atoms with van der Waals surface area (Å²) in [5.74, 6) is -0.111. The van der Waals surface area contributed by atoms with Gasteiger partial charge in [0.05, 0.1) is 18.6 Å². The quantitative estimate of drug-likeness (QED) is 0.291. The fourth-order valence-electron chi connectivity index (χ4n) is 2.02. The molecule has 3 atom stereocenters. The molecule has 126 valence electrons. The zero-order chi connectivity index (χ0) is 17.0. The summed E-state index contributed by atoms with van der Waals surface area (Å²) < 4.78 is 21.6. The highest BCUT2D eigenvalue weighted by Crippen LogP contribution is 2.21. The smallest absolute Gasteiger partial charge is 0.394 e. The predicted octanol–water partition coefficient (Wildman–Crippen LogP) is -1.16. The van der Waals surface area contributed by atoms with Gasteiger partial charge in [-0.1, -0.05) is 0 Å². The van der Waals surface area contributed by atoms with Crippen LogP contribution in [0.3, 0.4) is 0 Å². The number of aromatic nitrogens is 3. The van der Waals surface area contributed by atoms with Gasteiger partial charge in [-0.25, -0.2) is 0 Å². The van der Waals surface area contributed by atoms with Crippen LogP contribution >= 0.6 is 8.25 Å². The number of hydrogen-bond acceptors (Lipinski definition) is 8. The van der Waals surface area contributed by atoms with E-state index >= 15 is 0 Å². The van der Waals surface area contributed by atoms with E-state index in [1.807, 2.05) is 0 Å². The number of ether oxygens (including phenoxy) is 1. The largest absolute Gasteiger partial charge is 0.694 e. The van der Waals surface area contributed by atoms with Crippen LogP contribution in [0.4, 0.5) is 5.95 Å². The molecule has 0 saturated carbocycles. The van der Waals surface area contributed by atoms with Gasteiger partial charge < -0.3 is 25.3 Å². The van der Waals surface area contributed by atoms with E-state index in [0.29, 0.717) is 0 Å². The van der Waals surface area contributed by atoms with Gasteiger partial charge in [-0.05, 0) is 6.07 Å². The summed E-state index contributed by atoms with van der Waals surface area (Å²) in [5, 5.41) is 19.3. The summed E-state index contributed by atoms with van der Waals surface area (Å²) in [6.07, 6.45) is -0.967. The summed E-state index contributed by atoms with van der Waals surface area (Å²) in [5.41, 5.74) is 5.21. The molecule has 0 aliphatic heterocycles. The van der Waals surface area contributed by atoms with Crippen molar-refractivity contribution in [2.24, 2.45) is 0 Å². The first kappa shape index (κ1) is 17.5. The minimum Gasteiger partial charge on any atom is -0.394 e. The average molecular weight is 347 g/mol. The van der Waals surface area contributed by atoms with Gasteiger partial charge in [0.2, 0.25) is 5.95 Å². The highest BCUT2D eigenvalue weighted by molar-refractivity contribution is 7.32. The van der Waals surface area contributed by atoms with E-state index in [1.165, 1.54) is 16.8 Å². The molecule has 2 aromatic heterocycles. The normalized spacial score (nSPS) is 14.8. The Balaban J connectivity index is 2.28. The number of aromatic amines is 1. The van der Waals surface area contributed by atoms with Gasteiger partial charge in [0, 0.05) is 10.8 Å². The molecule has 2 heterocycles. The number of hydrogen-bond donors (Lipinski definition) is 5. The molecule has 23 heavy (non-hydrogen) atoms. The second-order valence-electron chi connectivity index (χ2n) is 4.49. The van der Waals surface area contributed by atoms with E-state index in [4.69, 9.17) is 20.5 Å². The third-order valence-electron chi connectivity index (χ3n) is 2.96. The van der Waals surface area contributed by atoms with Crippen LogP contribution in [0.2, 0.25) is 0 Å². The molecule has 2 unspecified atom stereocenters. The van der Waals surface area contributed by atoms with Gasteiger partial charge in [0.1, 0.15) is 12.7 Å². The van der Waals surface area contributed by atoms with Crippen LogP contribution in [0.15, 0.2) is 17.1 Å². The maximum Gasteiger partial charge on any atom is 0.694 e. The molecule has 2 aromatic rings. The third-order valence-corrected chi connectivity index (χ3v) is 3.37. The van der Waals surface area contributed by atoms with Crippen molar-refractivity contribution in [3.05, 3.63) is 22.6 Å². The lowest BCUT2D eigenvalue weighted by molar-refractivity contribution is -0.101. The van der Waals surface area contributed by atoms with Crippen molar-refractivity contribution in [3.8, 4) is 0 Å². The summed E-state index contributed by atoms with van der Waals surface area (Å²) in [4.78, 5) is 26.6. The predicted molar refractivity (Wildman–Crippen MR) is 78.6 cm³/mol. The number of aliphatic hydroxyl groups excluding tert-OH is 2. The van der Waals surface area contributed by atoms with Crippen LogP contribution in [-0.2, 0) is 13.8 Å². The van der Waals surface area contributed by atoms with E-state index in [2.05, 4.69) is 14.5 Å². The van der Waals surface area contributed by atoms with Gasteiger partial charge in [0.25, 0.3) is 5.56 Å². The van der Waals surface area contributed by atoms with Crippen molar-refractivity contribution in [1.82, 2.24) is 14.5 Å². The number of H-pyrrole nitrogens is 1. The molecule has 0 amide bonds. The Morgan fingerprint density at radius 2 is 2.22 bits per heavy atom.